The maximum atomic E-state index is 12.6. The fourth-order valence-electron chi connectivity index (χ4n) is 3.62. The molecule has 0 fully saturated rings. The van der Waals surface area contributed by atoms with Gasteiger partial charge in [-0.1, -0.05) is 18.2 Å². The summed E-state index contributed by atoms with van der Waals surface area (Å²) in [6, 6.07) is 11.9. The highest BCUT2D eigenvalue weighted by atomic mass is 16.6. The van der Waals surface area contributed by atoms with Crippen LogP contribution in [0.5, 0.6) is 5.75 Å². The third-order valence-electron chi connectivity index (χ3n) is 5.16. The fourth-order valence-corrected chi connectivity index (χ4v) is 3.62. The van der Waals surface area contributed by atoms with Crippen molar-refractivity contribution in [2.45, 2.75) is 26.2 Å². The Morgan fingerprint density at radius 1 is 1.09 bits per heavy atom. The third kappa shape index (κ3) is 4.42. The lowest BCUT2D eigenvalue weighted by Crippen LogP contribution is -2.14. The minimum atomic E-state index is -0.720. The minimum Gasteiger partial charge on any atom is -0.453 e. The van der Waals surface area contributed by atoms with Crippen LogP contribution in [-0.4, -0.2) is 21.5 Å². The number of hydrogen-bond acceptors (Lipinski definition) is 9. The number of rotatable bonds is 6. The summed E-state index contributed by atoms with van der Waals surface area (Å²) in [4.78, 5) is 33.5. The van der Waals surface area contributed by atoms with Crippen LogP contribution in [0.2, 0.25) is 0 Å². The minimum absolute atomic E-state index is 0.00934. The standard InChI is InChI=1S/C22H18N4O7/c1-13-20-17(24-23-16-11-10-14(25(28)29)12-18(16)26(30)31)8-5-9-19(20)33-21(13)22(27)32-15-6-3-2-4-7-15/h2-4,6-7,10-12,23H,5,8-9H2,1H3/b24-17+. The first kappa shape index (κ1) is 21.7. The molecule has 1 aliphatic rings. The van der Waals surface area contributed by atoms with E-state index < -0.39 is 27.2 Å². The molecule has 11 nitrogen and oxygen atoms in total. The highest BCUT2D eigenvalue weighted by Gasteiger charge is 2.29. The van der Waals surface area contributed by atoms with Gasteiger partial charge in [-0.15, -0.1) is 0 Å². The van der Waals surface area contributed by atoms with E-state index >= 15 is 0 Å². The highest BCUT2D eigenvalue weighted by Crippen LogP contribution is 2.32. The van der Waals surface area contributed by atoms with Crippen LogP contribution in [0, 0.1) is 27.2 Å². The summed E-state index contributed by atoms with van der Waals surface area (Å²) in [5.41, 5.74) is 3.55. The molecule has 0 bridgehead atoms. The molecule has 168 valence electrons. The van der Waals surface area contributed by atoms with Gasteiger partial charge in [0.2, 0.25) is 5.76 Å². The smallest absolute Gasteiger partial charge is 0.379 e. The van der Waals surface area contributed by atoms with Crippen LogP contribution in [0.4, 0.5) is 17.1 Å². The number of esters is 1. The van der Waals surface area contributed by atoms with Gasteiger partial charge in [-0.05, 0) is 38.0 Å². The summed E-state index contributed by atoms with van der Waals surface area (Å²) < 4.78 is 11.2. The van der Waals surface area contributed by atoms with Crippen molar-refractivity contribution in [3.05, 3.63) is 91.4 Å². The Morgan fingerprint density at radius 3 is 2.55 bits per heavy atom. The first-order valence-corrected chi connectivity index (χ1v) is 10.0. The summed E-state index contributed by atoms with van der Waals surface area (Å²) >= 11 is 0. The van der Waals surface area contributed by atoms with Crippen molar-refractivity contribution in [1.29, 1.82) is 0 Å². The van der Waals surface area contributed by atoms with E-state index in [0.717, 1.165) is 12.1 Å². The van der Waals surface area contributed by atoms with E-state index in [0.29, 0.717) is 47.6 Å². The van der Waals surface area contributed by atoms with Gasteiger partial charge in [0.25, 0.3) is 5.69 Å². The van der Waals surface area contributed by atoms with Gasteiger partial charge in [0.05, 0.1) is 21.6 Å². The number of benzene rings is 2. The van der Waals surface area contributed by atoms with Gasteiger partial charge in [-0.3, -0.25) is 25.7 Å². The zero-order valence-electron chi connectivity index (χ0n) is 17.4. The molecule has 0 saturated carbocycles. The van der Waals surface area contributed by atoms with E-state index in [1.54, 1.807) is 37.3 Å². The van der Waals surface area contributed by atoms with Crippen LogP contribution in [0.15, 0.2) is 58.0 Å². The molecule has 0 radical (unpaired) electrons. The van der Waals surface area contributed by atoms with Crippen molar-refractivity contribution in [3.63, 3.8) is 0 Å². The van der Waals surface area contributed by atoms with E-state index in [-0.39, 0.29) is 11.4 Å². The van der Waals surface area contributed by atoms with Crippen molar-refractivity contribution >= 4 is 28.7 Å². The molecule has 0 aliphatic heterocycles. The maximum absolute atomic E-state index is 12.6. The van der Waals surface area contributed by atoms with Crippen LogP contribution in [0.1, 0.15) is 40.3 Å². The Bertz CT molecular complexity index is 1280. The lowest BCUT2D eigenvalue weighted by Gasteiger charge is -2.13. The molecule has 0 amide bonds. The lowest BCUT2D eigenvalue weighted by atomic mass is 9.93. The van der Waals surface area contributed by atoms with Crippen LogP contribution in [-0.2, 0) is 6.42 Å². The van der Waals surface area contributed by atoms with Crippen molar-refractivity contribution in [3.8, 4) is 5.75 Å². The number of nitrogens with zero attached hydrogens (tertiary/aromatic N) is 3. The van der Waals surface area contributed by atoms with E-state index in [1.807, 2.05) is 0 Å². The number of furan rings is 1. The normalized spacial score (nSPS) is 13.9. The predicted octanol–water partition coefficient (Wildman–Crippen LogP) is 4.78. The monoisotopic (exact) mass is 450 g/mol. The SMILES string of the molecule is Cc1c(C(=O)Oc2ccccc2)oc2c1/C(=N/Nc1ccc([N+](=O)[O-])cc1[N+](=O)[O-])CCC2. The number of para-hydroxylation sites is 1. The van der Waals surface area contributed by atoms with E-state index in [9.17, 15) is 25.0 Å². The maximum Gasteiger partial charge on any atom is 0.379 e. The molecule has 33 heavy (non-hydrogen) atoms. The van der Waals surface area contributed by atoms with Gasteiger partial charge < -0.3 is 9.15 Å². The average molecular weight is 450 g/mol. The second kappa shape index (κ2) is 8.91. The second-order valence-corrected chi connectivity index (χ2v) is 7.30. The van der Waals surface area contributed by atoms with Crippen LogP contribution in [0.25, 0.3) is 0 Å². The Balaban J connectivity index is 1.63. The third-order valence-corrected chi connectivity index (χ3v) is 5.16. The topological polar surface area (TPSA) is 150 Å². The molecule has 1 N–H and O–H groups in total. The zero-order valence-corrected chi connectivity index (χ0v) is 17.4. The zero-order chi connectivity index (χ0) is 23.5. The molecule has 0 saturated heterocycles. The number of carbonyl (C=O) groups is 1. The molecule has 1 heterocycles. The number of non-ortho nitro benzene ring substituents is 1. The first-order valence-electron chi connectivity index (χ1n) is 10.0. The van der Waals surface area contributed by atoms with Crippen molar-refractivity contribution in [1.82, 2.24) is 0 Å². The molecule has 3 aromatic rings. The number of nitro groups is 2. The van der Waals surface area contributed by atoms with Crippen molar-refractivity contribution < 1.29 is 23.8 Å². The number of ether oxygens (including phenoxy) is 1. The summed E-state index contributed by atoms with van der Waals surface area (Å²) in [5, 5.41) is 26.6. The van der Waals surface area contributed by atoms with Crippen LogP contribution >= 0.6 is 0 Å². The van der Waals surface area contributed by atoms with Crippen LogP contribution in [0.3, 0.4) is 0 Å². The summed E-state index contributed by atoms with van der Waals surface area (Å²) in [5.74, 6) is 0.404. The highest BCUT2D eigenvalue weighted by molar-refractivity contribution is 6.06. The molecule has 0 atom stereocenters. The Labute approximate surface area is 187 Å². The number of aryl methyl sites for hydroxylation is 1. The van der Waals surface area contributed by atoms with Gasteiger partial charge in [0.15, 0.2) is 0 Å². The number of carbonyl (C=O) groups excluding carboxylic acids is 1. The molecule has 0 spiro atoms. The summed E-state index contributed by atoms with van der Waals surface area (Å²) in [7, 11) is 0. The van der Waals surface area contributed by atoms with Gasteiger partial charge in [0, 0.05) is 23.6 Å². The number of nitrogens with one attached hydrogen (secondary N) is 1. The predicted molar refractivity (Wildman–Crippen MR) is 118 cm³/mol. The second-order valence-electron chi connectivity index (χ2n) is 7.30. The van der Waals surface area contributed by atoms with E-state index in [1.165, 1.54) is 6.07 Å². The Hall–Kier alpha value is -4.54. The van der Waals surface area contributed by atoms with Crippen molar-refractivity contribution in [2.24, 2.45) is 5.10 Å². The van der Waals surface area contributed by atoms with Gasteiger partial charge >= 0.3 is 11.7 Å². The fraction of sp³-hybridized carbons (Fsp3) is 0.182. The average Bonchev–Trinajstić information content (AvgIpc) is 3.15. The lowest BCUT2D eigenvalue weighted by molar-refractivity contribution is -0.393. The first-order chi connectivity index (χ1) is 15.8. The number of hydrazone groups is 1. The number of fused-ring (bicyclic) bond motifs is 1. The molecule has 4 rings (SSSR count). The van der Waals surface area contributed by atoms with Gasteiger partial charge in [-0.25, -0.2) is 4.79 Å². The Kier molecular flexibility index (Phi) is 5.85. The number of nitro benzene ring substituents is 2. The number of anilines is 1. The largest absolute Gasteiger partial charge is 0.453 e. The Morgan fingerprint density at radius 2 is 1.85 bits per heavy atom. The summed E-state index contributed by atoms with van der Waals surface area (Å²) in [6.07, 6.45) is 1.86. The van der Waals surface area contributed by atoms with E-state index in [2.05, 4.69) is 10.5 Å². The van der Waals surface area contributed by atoms with Crippen molar-refractivity contribution in [2.75, 3.05) is 5.43 Å². The van der Waals surface area contributed by atoms with Crippen LogP contribution < -0.4 is 10.2 Å². The molecule has 0 unspecified atom stereocenters. The quantitative estimate of drug-likeness (QED) is 0.244. The molecular weight excluding hydrogens is 432 g/mol. The van der Waals surface area contributed by atoms with E-state index in [4.69, 9.17) is 9.15 Å². The molecular formula is C22H18N4O7. The molecule has 11 heteroatoms. The molecule has 1 aromatic heterocycles. The van der Waals surface area contributed by atoms with Gasteiger partial charge in [0.1, 0.15) is 17.2 Å². The van der Waals surface area contributed by atoms with Gasteiger partial charge in [-0.2, -0.15) is 5.10 Å². The molecule has 2 aromatic carbocycles. The molecule has 1 aliphatic carbocycles. The summed E-state index contributed by atoms with van der Waals surface area (Å²) in [6.45, 7) is 1.72. The number of hydrogen-bond donors (Lipinski definition) is 1.